The van der Waals surface area contributed by atoms with Crippen LogP contribution in [-0.4, -0.2) is 45.2 Å². The van der Waals surface area contributed by atoms with Crippen molar-refractivity contribution in [3.63, 3.8) is 0 Å². The number of nitrogens with zero attached hydrogens (tertiary/aromatic N) is 2. The molecular weight excluding hydrogens is 272 g/mol. The fourth-order valence-corrected chi connectivity index (χ4v) is 3.12. The van der Waals surface area contributed by atoms with E-state index in [9.17, 15) is 14.7 Å². The smallest absolute Gasteiger partial charge is 0.337 e. The Balaban J connectivity index is 2.35. The van der Waals surface area contributed by atoms with Crippen LogP contribution in [0.1, 0.15) is 21.6 Å². The maximum atomic E-state index is 11.5. The highest BCUT2D eigenvalue weighted by molar-refractivity contribution is 6.04. The van der Waals surface area contributed by atoms with Crippen LogP contribution in [0.5, 0.6) is 0 Å². The number of carboxylic acids is 2. The number of likely N-dealkylation sites (N-methyl/N-ethyl adjacent to an activating group) is 1. The quantitative estimate of drug-likeness (QED) is 0.892. The number of aromatic nitrogens is 1. The molecule has 0 saturated heterocycles. The van der Waals surface area contributed by atoms with Gasteiger partial charge >= 0.3 is 11.9 Å². The monoisotopic (exact) mass is 288 g/mol. The van der Waals surface area contributed by atoms with Gasteiger partial charge in [0.2, 0.25) is 0 Å². The second-order valence-corrected chi connectivity index (χ2v) is 5.40. The summed E-state index contributed by atoms with van der Waals surface area (Å²) >= 11 is 0. The lowest BCUT2D eigenvalue weighted by Gasteiger charge is -2.23. The molecule has 0 bridgehead atoms. The molecule has 1 aromatic heterocycles. The third kappa shape index (κ3) is 2.17. The predicted octanol–water partition coefficient (Wildman–Crippen LogP) is 1.41. The van der Waals surface area contributed by atoms with Gasteiger partial charge in [0.25, 0.3) is 0 Å². The zero-order valence-electron chi connectivity index (χ0n) is 11.7. The molecule has 2 N–H and O–H groups in total. The molecular formula is C15H16N2O4. The molecule has 0 spiro atoms. The van der Waals surface area contributed by atoms with Crippen LogP contribution in [0.25, 0.3) is 10.9 Å². The average molecular weight is 288 g/mol. The van der Waals surface area contributed by atoms with Crippen molar-refractivity contribution in [3.05, 3.63) is 35.0 Å². The lowest BCUT2D eigenvalue weighted by molar-refractivity contribution is -0.137. The van der Waals surface area contributed by atoms with Crippen molar-refractivity contribution in [3.8, 4) is 0 Å². The molecule has 110 valence electrons. The summed E-state index contributed by atoms with van der Waals surface area (Å²) in [5, 5.41) is 19.4. The summed E-state index contributed by atoms with van der Waals surface area (Å²) in [6, 6.07) is 5.11. The first-order valence-corrected chi connectivity index (χ1v) is 6.75. The zero-order chi connectivity index (χ0) is 15.1. The number of fused-ring (bicyclic) bond motifs is 3. The number of aromatic carboxylic acids is 1. The number of benzene rings is 1. The first-order chi connectivity index (χ1) is 9.99. The number of rotatable bonds is 3. The highest BCUT2D eigenvalue weighted by Gasteiger charge is 2.25. The minimum absolute atomic E-state index is 0.158. The van der Waals surface area contributed by atoms with Crippen LogP contribution in [0.2, 0.25) is 0 Å². The maximum Gasteiger partial charge on any atom is 0.337 e. The Bertz CT molecular complexity index is 748. The first kappa shape index (κ1) is 13.6. The number of aliphatic carboxylic acids is 1. The van der Waals surface area contributed by atoms with E-state index < -0.39 is 11.9 Å². The SMILES string of the molecule is CN1CCc2c(c3cccc(C(=O)O)c3n2CC(=O)O)C1. The van der Waals surface area contributed by atoms with Crippen LogP contribution in [0.3, 0.4) is 0 Å². The Morgan fingerprint density at radius 3 is 2.71 bits per heavy atom. The minimum Gasteiger partial charge on any atom is -0.480 e. The Hall–Kier alpha value is -2.34. The van der Waals surface area contributed by atoms with Crippen molar-refractivity contribution >= 4 is 22.8 Å². The molecule has 1 aliphatic heterocycles. The van der Waals surface area contributed by atoms with Crippen LogP contribution in [0.4, 0.5) is 0 Å². The molecule has 0 amide bonds. The zero-order valence-corrected chi connectivity index (χ0v) is 11.7. The molecule has 1 aromatic carbocycles. The maximum absolute atomic E-state index is 11.5. The van der Waals surface area contributed by atoms with Crippen LogP contribution in [0, 0.1) is 0 Å². The summed E-state index contributed by atoms with van der Waals surface area (Å²) in [6.45, 7) is 1.34. The van der Waals surface area contributed by atoms with Gasteiger partial charge < -0.3 is 19.7 Å². The van der Waals surface area contributed by atoms with E-state index in [1.807, 2.05) is 13.1 Å². The molecule has 2 aromatic rings. The van der Waals surface area contributed by atoms with E-state index in [-0.39, 0.29) is 12.1 Å². The molecule has 0 unspecified atom stereocenters. The molecule has 0 saturated carbocycles. The molecule has 1 aliphatic rings. The molecule has 3 rings (SSSR count). The van der Waals surface area contributed by atoms with Gasteiger partial charge in [-0.3, -0.25) is 4.79 Å². The van der Waals surface area contributed by atoms with Crippen LogP contribution < -0.4 is 0 Å². The molecule has 0 fully saturated rings. The van der Waals surface area contributed by atoms with Crippen molar-refractivity contribution in [2.24, 2.45) is 0 Å². The lowest BCUT2D eigenvalue weighted by Crippen LogP contribution is -2.28. The number of para-hydroxylation sites is 1. The van der Waals surface area contributed by atoms with Crippen LogP contribution in [-0.2, 0) is 24.3 Å². The molecule has 2 heterocycles. The number of carbonyl (C=O) groups is 2. The van der Waals surface area contributed by atoms with Gasteiger partial charge in [-0.25, -0.2) is 4.79 Å². The Kier molecular flexibility index (Phi) is 3.17. The average Bonchev–Trinajstić information content (AvgIpc) is 2.72. The normalized spacial score (nSPS) is 15.1. The van der Waals surface area contributed by atoms with Gasteiger partial charge in [0, 0.05) is 30.6 Å². The van der Waals surface area contributed by atoms with Crippen LogP contribution in [0.15, 0.2) is 18.2 Å². The van der Waals surface area contributed by atoms with Crippen molar-refractivity contribution < 1.29 is 19.8 Å². The van der Waals surface area contributed by atoms with E-state index >= 15 is 0 Å². The van der Waals surface area contributed by atoms with Gasteiger partial charge in [0.15, 0.2) is 0 Å². The summed E-state index contributed by atoms with van der Waals surface area (Å²) < 4.78 is 1.66. The Labute approximate surface area is 121 Å². The highest BCUT2D eigenvalue weighted by Crippen LogP contribution is 2.32. The van der Waals surface area contributed by atoms with E-state index in [4.69, 9.17) is 5.11 Å². The fourth-order valence-electron chi connectivity index (χ4n) is 3.12. The van der Waals surface area contributed by atoms with E-state index in [2.05, 4.69) is 4.90 Å². The van der Waals surface area contributed by atoms with Gasteiger partial charge in [-0.1, -0.05) is 12.1 Å². The Morgan fingerprint density at radius 1 is 1.29 bits per heavy atom. The van der Waals surface area contributed by atoms with Gasteiger partial charge in [0.05, 0.1) is 11.1 Å². The first-order valence-electron chi connectivity index (χ1n) is 6.75. The van der Waals surface area contributed by atoms with Crippen LogP contribution >= 0.6 is 0 Å². The van der Waals surface area contributed by atoms with E-state index in [0.29, 0.717) is 12.1 Å². The molecule has 6 nitrogen and oxygen atoms in total. The summed E-state index contributed by atoms with van der Waals surface area (Å²) in [5.41, 5.74) is 2.67. The minimum atomic E-state index is -1.03. The largest absolute Gasteiger partial charge is 0.480 e. The van der Waals surface area contributed by atoms with Crippen molar-refractivity contribution in [1.82, 2.24) is 9.47 Å². The van der Waals surface area contributed by atoms with Gasteiger partial charge in [-0.05, 0) is 18.7 Å². The second kappa shape index (κ2) is 4.89. The van der Waals surface area contributed by atoms with Gasteiger partial charge in [-0.15, -0.1) is 0 Å². The van der Waals surface area contributed by atoms with Crippen molar-refractivity contribution in [2.75, 3.05) is 13.6 Å². The standard InChI is InChI=1S/C15H16N2O4/c1-16-6-5-12-11(7-16)9-3-2-4-10(15(20)21)14(9)17(12)8-13(18)19/h2-4H,5-8H2,1H3,(H,18,19)(H,20,21). The van der Waals surface area contributed by atoms with Crippen molar-refractivity contribution in [2.45, 2.75) is 19.5 Å². The second-order valence-electron chi connectivity index (χ2n) is 5.40. The summed E-state index contributed by atoms with van der Waals surface area (Å²) in [5.74, 6) is -2.00. The lowest BCUT2D eigenvalue weighted by atomic mass is 10.0. The number of hydrogen-bond acceptors (Lipinski definition) is 3. The molecule has 0 aliphatic carbocycles. The molecule has 6 heteroatoms. The third-order valence-corrected chi connectivity index (χ3v) is 3.99. The van der Waals surface area contributed by atoms with E-state index in [0.717, 1.165) is 29.6 Å². The summed E-state index contributed by atoms with van der Waals surface area (Å²) in [6.07, 6.45) is 0.729. The predicted molar refractivity (Wildman–Crippen MR) is 76.6 cm³/mol. The third-order valence-electron chi connectivity index (χ3n) is 3.99. The number of carboxylic acid groups (broad SMARTS) is 2. The van der Waals surface area contributed by atoms with Crippen molar-refractivity contribution in [1.29, 1.82) is 0 Å². The molecule has 0 atom stereocenters. The number of hydrogen-bond donors (Lipinski definition) is 2. The van der Waals surface area contributed by atoms with E-state index in [1.54, 1.807) is 10.6 Å². The van der Waals surface area contributed by atoms with Gasteiger partial charge in [0.1, 0.15) is 6.54 Å². The van der Waals surface area contributed by atoms with E-state index in [1.165, 1.54) is 6.07 Å². The topological polar surface area (TPSA) is 82.8 Å². The summed E-state index contributed by atoms with van der Waals surface area (Å²) in [7, 11) is 2.00. The van der Waals surface area contributed by atoms with Gasteiger partial charge in [-0.2, -0.15) is 0 Å². The summed E-state index contributed by atoms with van der Waals surface area (Å²) in [4.78, 5) is 24.8. The highest BCUT2D eigenvalue weighted by atomic mass is 16.4. The Morgan fingerprint density at radius 2 is 2.05 bits per heavy atom. The fraction of sp³-hybridized carbons (Fsp3) is 0.333. The molecule has 21 heavy (non-hydrogen) atoms. The molecule has 0 radical (unpaired) electrons.